The Bertz CT molecular complexity index is 628. The lowest BCUT2D eigenvalue weighted by atomic mass is 10.2. The number of benzene rings is 2. The minimum absolute atomic E-state index is 0.147. The van der Waals surface area contributed by atoms with E-state index in [0.29, 0.717) is 12.2 Å². The van der Waals surface area contributed by atoms with Gasteiger partial charge in [-0.2, -0.15) is 0 Å². The van der Waals surface area contributed by atoms with Gasteiger partial charge in [-0.15, -0.1) is 0 Å². The third-order valence-electron chi connectivity index (χ3n) is 3.06. The molecule has 2 aromatic rings. The average Bonchev–Trinajstić information content (AvgIpc) is 2.47. The number of hydrogen-bond acceptors (Lipinski definition) is 2. The van der Waals surface area contributed by atoms with Gasteiger partial charge >= 0.3 is 0 Å². The van der Waals surface area contributed by atoms with Gasteiger partial charge in [0.25, 0.3) is 5.91 Å². The van der Waals surface area contributed by atoms with Crippen molar-refractivity contribution in [2.24, 2.45) is 0 Å². The molecule has 2 aromatic carbocycles. The topological polar surface area (TPSA) is 38.3 Å². The number of carbonyl (C=O) groups excluding carboxylic acids is 1. The lowest BCUT2D eigenvalue weighted by Gasteiger charge is -2.18. The summed E-state index contributed by atoms with van der Waals surface area (Å²) in [6.07, 6.45) is 0.0865. The van der Waals surface area contributed by atoms with Crippen molar-refractivity contribution in [2.75, 3.05) is 5.32 Å². The Kier molecular flexibility index (Phi) is 5.39. The number of nitrogens with one attached hydrogen (secondary N) is 1. The summed E-state index contributed by atoms with van der Waals surface area (Å²) in [5.74, 6) is 0.565. The largest absolute Gasteiger partial charge is 0.481 e. The molecule has 0 spiro atoms. The van der Waals surface area contributed by atoms with Gasteiger partial charge in [0.15, 0.2) is 6.10 Å². The van der Waals surface area contributed by atoms with Gasteiger partial charge in [0.2, 0.25) is 0 Å². The molecule has 0 aromatic heterocycles. The summed E-state index contributed by atoms with van der Waals surface area (Å²) in [4.78, 5) is 12.3. The van der Waals surface area contributed by atoms with Gasteiger partial charge in [-0.3, -0.25) is 4.79 Å². The van der Waals surface area contributed by atoms with E-state index in [0.717, 1.165) is 15.7 Å². The first-order chi connectivity index (χ1) is 10.1. The van der Waals surface area contributed by atoms with Crippen LogP contribution >= 0.6 is 15.9 Å². The zero-order valence-corrected chi connectivity index (χ0v) is 13.7. The van der Waals surface area contributed by atoms with Crippen molar-refractivity contribution in [3.8, 4) is 5.75 Å². The number of rotatable bonds is 5. The fraction of sp³-hybridized carbons (Fsp3) is 0.235. The minimum atomic E-state index is -0.515. The highest BCUT2D eigenvalue weighted by Crippen LogP contribution is 2.22. The fourth-order valence-corrected chi connectivity index (χ4v) is 2.33. The van der Waals surface area contributed by atoms with Gasteiger partial charge in [0.1, 0.15) is 5.75 Å². The van der Waals surface area contributed by atoms with Crippen molar-refractivity contribution in [3.05, 3.63) is 58.6 Å². The number of ether oxygens (including phenoxy) is 1. The Morgan fingerprint density at radius 1 is 1.24 bits per heavy atom. The van der Waals surface area contributed by atoms with Crippen molar-refractivity contribution in [2.45, 2.75) is 26.4 Å². The first-order valence-electron chi connectivity index (χ1n) is 6.89. The Balaban J connectivity index is 2.07. The van der Waals surface area contributed by atoms with Crippen LogP contribution in [0, 0.1) is 6.92 Å². The number of amides is 1. The molecule has 0 saturated carbocycles. The van der Waals surface area contributed by atoms with E-state index in [-0.39, 0.29) is 5.91 Å². The summed E-state index contributed by atoms with van der Waals surface area (Å²) in [6.45, 7) is 3.93. The standard InChI is InChI=1S/C17H18BrNO2/c1-3-16(21-13-8-6-7-12(2)11-13)17(20)19-15-10-5-4-9-14(15)18/h4-11,16H,3H2,1-2H3,(H,19,20)/t16-/m0/s1. The maximum Gasteiger partial charge on any atom is 0.265 e. The van der Waals surface area contributed by atoms with Gasteiger partial charge in [0.05, 0.1) is 5.69 Å². The van der Waals surface area contributed by atoms with Gasteiger partial charge < -0.3 is 10.1 Å². The van der Waals surface area contributed by atoms with Gasteiger partial charge in [-0.05, 0) is 59.1 Å². The van der Waals surface area contributed by atoms with E-state index in [2.05, 4.69) is 21.2 Å². The summed E-state index contributed by atoms with van der Waals surface area (Å²) in [6, 6.07) is 15.2. The quantitative estimate of drug-likeness (QED) is 0.861. The molecule has 4 heteroatoms. The highest BCUT2D eigenvalue weighted by Gasteiger charge is 2.19. The number of hydrogen-bond donors (Lipinski definition) is 1. The van der Waals surface area contributed by atoms with Crippen molar-refractivity contribution in [3.63, 3.8) is 0 Å². The van der Waals surface area contributed by atoms with Crippen molar-refractivity contribution in [1.29, 1.82) is 0 Å². The van der Waals surface area contributed by atoms with Gasteiger partial charge in [0, 0.05) is 4.47 Å². The molecule has 2 rings (SSSR count). The zero-order chi connectivity index (χ0) is 15.2. The van der Waals surface area contributed by atoms with E-state index in [1.54, 1.807) is 0 Å². The molecule has 3 nitrogen and oxygen atoms in total. The molecule has 1 N–H and O–H groups in total. The van der Waals surface area contributed by atoms with E-state index in [1.807, 2.05) is 62.4 Å². The summed E-state index contributed by atoms with van der Waals surface area (Å²) in [5.41, 5.74) is 1.85. The Hall–Kier alpha value is -1.81. The van der Waals surface area contributed by atoms with Crippen LogP contribution in [0.2, 0.25) is 0 Å². The van der Waals surface area contributed by atoms with Crippen LogP contribution in [-0.4, -0.2) is 12.0 Å². The third-order valence-corrected chi connectivity index (χ3v) is 3.75. The monoisotopic (exact) mass is 347 g/mol. The molecule has 1 amide bonds. The first kappa shape index (κ1) is 15.6. The molecule has 21 heavy (non-hydrogen) atoms. The van der Waals surface area contributed by atoms with Gasteiger partial charge in [-0.25, -0.2) is 0 Å². The molecule has 0 aliphatic carbocycles. The lowest BCUT2D eigenvalue weighted by molar-refractivity contribution is -0.122. The zero-order valence-electron chi connectivity index (χ0n) is 12.1. The highest BCUT2D eigenvalue weighted by molar-refractivity contribution is 9.10. The van der Waals surface area contributed by atoms with E-state index in [1.165, 1.54) is 0 Å². The van der Waals surface area contributed by atoms with Crippen LogP contribution in [0.15, 0.2) is 53.0 Å². The second kappa shape index (κ2) is 7.27. The number of halogens is 1. The summed E-state index contributed by atoms with van der Waals surface area (Å²) in [7, 11) is 0. The van der Waals surface area contributed by atoms with E-state index in [4.69, 9.17) is 4.74 Å². The molecule has 0 aliphatic rings. The molecule has 0 heterocycles. The third kappa shape index (κ3) is 4.33. The van der Waals surface area contributed by atoms with Crippen LogP contribution in [0.5, 0.6) is 5.75 Å². The highest BCUT2D eigenvalue weighted by atomic mass is 79.9. The molecule has 0 fully saturated rings. The molecule has 0 unspecified atom stereocenters. The SMILES string of the molecule is CC[C@H](Oc1cccc(C)c1)C(=O)Nc1ccccc1Br. The molecule has 0 bridgehead atoms. The number of para-hydroxylation sites is 1. The Labute approximate surface area is 133 Å². The fourth-order valence-electron chi connectivity index (χ4n) is 1.95. The van der Waals surface area contributed by atoms with Crippen molar-refractivity contribution in [1.82, 2.24) is 0 Å². The molecular weight excluding hydrogens is 330 g/mol. The summed E-state index contributed by atoms with van der Waals surface area (Å²) in [5, 5.41) is 2.89. The number of aryl methyl sites for hydroxylation is 1. The molecule has 0 saturated heterocycles. The number of carbonyl (C=O) groups is 1. The lowest BCUT2D eigenvalue weighted by Crippen LogP contribution is -2.32. The smallest absolute Gasteiger partial charge is 0.265 e. The van der Waals surface area contributed by atoms with Crippen LogP contribution in [0.1, 0.15) is 18.9 Å². The maximum atomic E-state index is 12.3. The van der Waals surface area contributed by atoms with Crippen LogP contribution < -0.4 is 10.1 Å². The number of anilines is 1. The van der Waals surface area contributed by atoms with Gasteiger partial charge in [-0.1, -0.05) is 31.2 Å². The first-order valence-corrected chi connectivity index (χ1v) is 7.68. The van der Waals surface area contributed by atoms with Crippen LogP contribution in [0.3, 0.4) is 0 Å². The maximum absolute atomic E-state index is 12.3. The second-order valence-corrected chi connectivity index (χ2v) is 5.65. The van der Waals surface area contributed by atoms with E-state index < -0.39 is 6.10 Å². The van der Waals surface area contributed by atoms with Crippen molar-refractivity contribution < 1.29 is 9.53 Å². The summed E-state index contributed by atoms with van der Waals surface area (Å²) < 4.78 is 6.64. The molecule has 1 atom stereocenters. The summed E-state index contributed by atoms with van der Waals surface area (Å²) >= 11 is 3.42. The Morgan fingerprint density at radius 3 is 2.67 bits per heavy atom. The predicted molar refractivity (Wildman–Crippen MR) is 88.7 cm³/mol. The molecule has 0 aliphatic heterocycles. The molecule has 110 valence electrons. The minimum Gasteiger partial charge on any atom is -0.481 e. The molecular formula is C17H18BrNO2. The second-order valence-electron chi connectivity index (χ2n) is 4.80. The van der Waals surface area contributed by atoms with Crippen LogP contribution in [-0.2, 0) is 4.79 Å². The van der Waals surface area contributed by atoms with Crippen LogP contribution in [0.4, 0.5) is 5.69 Å². The average molecular weight is 348 g/mol. The normalized spacial score (nSPS) is 11.8. The van der Waals surface area contributed by atoms with Crippen molar-refractivity contribution >= 4 is 27.5 Å². The Morgan fingerprint density at radius 2 is 2.00 bits per heavy atom. The predicted octanol–water partition coefficient (Wildman–Crippen LogP) is 4.55. The molecule has 0 radical (unpaired) electrons. The van der Waals surface area contributed by atoms with E-state index >= 15 is 0 Å². The van der Waals surface area contributed by atoms with Crippen LogP contribution in [0.25, 0.3) is 0 Å². The van der Waals surface area contributed by atoms with E-state index in [9.17, 15) is 4.79 Å².